The van der Waals surface area contributed by atoms with E-state index in [0.717, 1.165) is 19.3 Å². The first kappa shape index (κ1) is 14.1. The van der Waals surface area contributed by atoms with E-state index in [1.807, 2.05) is 0 Å². The van der Waals surface area contributed by atoms with E-state index in [-0.39, 0.29) is 28.5 Å². The molecule has 0 spiro atoms. The van der Waals surface area contributed by atoms with Crippen LogP contribution in [0.5, 0.6) is 5.75 Å². The maximum Gasteiger partial charge on any atom is 0.240 e. The molecule has 0 aromatic heterocycles. The molecule has 1 aromatic rings. The van der Waals surface area contributed by atoms with Gasteiger partial charge in [-0.2, -0.15) is 0 Å². The van der Waals surface area contributed by atoms with Gasteiger partial charge in [0.1, 0.15) is 5.75 Å². The van der Waals surface area contributed by atoms with E-state index in [0.29, 0.717) is 0 Å². The second-order valence-electron chi connectivity index (χ2n) is 4.65. The standard InChI is InChI=1S/C12H18N2O4S/c1-18-12-4-2-3-10(12)14-19(16,17)8-5-6-11(15)9(13)7-8/h5-7,10,12,14-15H,2-4,13H2,1H3. The summed E-state index contributed by atoms with van der Waals surface area (Å²) in [7, 11) is -2.07. The Morgan fingerprint density at radius 3 is 2.79 bits per heavy atom. The summed E-state index contributed by atoms with van der Waals surface area (Å²) in [6.07, 6.45) is 2.44. The Morgan fingerprint density at radius 2 is 2.16 bits per heavy atom. The van der Waals surface area contributed by atoms with E-state index in [9.17, 15) is 13.5 Å². The SMILES string of the molecule is COC1CCCC1NS(=O)(=O)c1ccc(O)c(N)c1. The number of benzene rings is 1. The van der Waals surface area contributed by atoms with Gasteiger partial charge in [-0.25, -0.2) is 13.1 Å². The fourth-order valence-corrected chi connectivity index (χ4v) is 3.64. The molecule has 4 N–H and O–H groups in total. The minimum Gasteiger partial charge on any atom is -0.506 e. The van der Waals surface area contributed by atoms with Gasteiger partial charge in [0.2, 0.25) is 10.0 Å². The average Bonchev–Trinajstić information content (AvgIpc) is 2.79. The number of ether oxygens (including phenoxy) is 1. The third-order valence-electron chi connectivity index (χ3n) is 3.37. The normalized spacial score (nSPS) is 23.6. The number of nitrogen functional groups attached to an aromatic ring is 1. The fourth-order valence-electron chi connectivity index (χ4n) is 2.31. The lowest BCUT2D eigenvalue weighted by molar-refractivity contribution is 0.0916. The number of hydrogen-bond donors (Lipinski definition) is 3. The molecule has 0 aliphatic heterocycles. The predicted octanol–water partition coefficient (Wildman–Crippen LogP) is 0.820. The number of phenols is 1. The molecular weight excluding hydrogens is 268 g/mol. The number of anilines is 1. The highest BCUT2D eigenvalue weighted by Gasteiger charge is 2.31. The van der Waals surface area contributed by atoms with Gasteiger partial charge in [0, 0.05) is 13.2 Å². The number of nitrogens with two attached hydrogens (primary N) is 1. The second kappa shape index (κ2) is 5.36. The Balaban J connectivity index is 2.20. The molecule has 1 aliphatic carbocycles. The Kier molecular flexibility index (Phi) is 3.98. The molecule has 2 rings (SSSR count). The number of hydrogen-bond acceptors (Lipinski definition) is 5. The second-order valence-corrected chi connectivity index (χ2v) is 6.37. The number of methoxy groups -OCH3 is 1. The number of phenolic OH excluding ortho intramolecular Hbond substituents is 1. The molecule has 0 radical (unpaired) electrons. The lowest BCUT2D eigenvalue weighted by atomic mass is 10.2. The zero-order valence-corrected chi connectivity index (χ0v) is 11.5. The van der Waals surface area contributed by atoms with Crippen molar-refractivity contribution in [2.24, 2.45) is 0 Å². The van der Waals surface area contributed by atoms with Crippen LogP contribution in [0.4, 0.5) is 5.69 Å². The lowest BCUT2D eigenvalue weighted by Gasteiger charge is -2.19. The number of nitrogens with one attached hydrogen (secondary N) is 1. The highest BCUT2D eigenvalue weighted by atomic mass is 32.2. The molecule has 6 nitrogen and oxygen atoms in total. The molecule has 2 atom stereocenters. The Hall–Kier alpha value is -1.31. The van der Waals surface area contributed by atoms with Crippen molar-refractivity contribution >= 4 is 15.7 Å². The maximum absolute atomic E-state index is 12.2. The van der Waals surface area contributed by atoms with Gasteiger partial charge >= 0.3 is 0 Å². The van der Waals surface area contributed by atoms with Crippen LogP contribution in [-0.4, -0.2) is 32.8 Å². The van der Waals surface area contributed by atoms with E-state index in [2.05, 4.69) is 4.72 Å². The van der Waals surface area contributed by atoms with Gasteiger partial charge in [0.25, 0.3) is 0 Å². The highest BCUT2D eigenvalue weighted by Crippen LogP contribution is 2.26. The Bertz CT molecular complexity index is 559. The summed E-state index contributed by atoms with van der Waals surface area (Å²) >= 11 is 0. The van der Waals surface area contributed by atoms with Crippen molar-refractivity contribution in [3.05, 3.63) is 18.2 Å². The first-order valence-corrected chi connectivity index (χ1v) is 7.56. The van der Waals surface area contributed by atoms with Crippen LogP contribution in [0.15, 0.2) is 23.1 Å². The topological polar surface area (TPSA) is 102 Å². The lowest BCUT2D eigenvalue weighted by Crippen LogP contribution is -2.40. The van der Waals surface area contributed by atoms with E-state index >= 15 is 0 Å². The van der Waals surface area contributed by atoms with Gasteiger partial charge in [0.15, 0.2) is 0 Å². The summed E-state index contributed by atoms with van der Waals surface area (Å²) in [5, 5.41) is 9.31. The summed E-state index contributed by atoms with van der Waals surface area (Å²) in [6.45, 7) is 0. The zero-order chi connectivity index (χ0) is 14.0. The van der Waals surface area contributed by atoms with E-state index < -0.39 is 10.0 Å². The van der Waals surface area contributed by atoms with Crippen LogP contribution < -0.4 is 10.5 Å². The van der Waals surface area contributed by atoms with Crippen LogP contribution in [0.25, 0.3) is 0 Å². The molecule has 1 aliphatic rings. The molecule has 19 heavy (non-hydrogen) atoms. The van der Waals surface area contributed by atoms with Crippen LogP contribution in [-0.2, 0) is 14.8 Å². The van der Waals surface area contributed by atoms with Crippen molar-refractivity contribution in [1.82, 2.24) is 4.72 Å². The summed E-state index contributed by atoms with van der Waals surface area (Å²) in [6, 6.07) is 3.62. The molecule has 7 heteroatoms. The van der Waals surface area contributed by atoms with Crippen LogP contribution in [0, 0.1) is 0 Å². The molecule has 0 heterocycles. The average molecular weight is 286 g/mol. The summed E-state index contributed by atoms with van der Waals surface area (Å²) in [5.41, 5.74) is 5.55. The number of sulfonamides is 1. The van der Waals surface area contributed by atoms with Crippen LogP contribution in [0.3, 0.4) is 0 Å². The summed E-state index contributed by atoms with van der Waals surface area (Å²) in [5.74, 6) is -0.130. The Morgan fingerprint density at radius 1 is 1.42 bits per heavy atom. The van der Waals surface area contributed by atoms with Crippen LogP contribution in [0.2, 0.25) is 0 Å². The molecule has 0 saturated heterocycles. The van der Waals surface area contributed by atoms with Gasteiger partial charge in [-0.15, -0.1) is 0 Å². The molecule has 106 valence electrons. The van der Waals surface area contributed by atoms with Gasteiger partial charge in [-0.3, -0.25) is 0 Å². The van der Waals surface area contributed by atoms with Crippen molar-refractivity contribution in [2.75, 3.05) is 12.8 Å². The van der Waals surface area contributed by atoms with E-state index in [4.69, 9.17) is 10.5 Å². The fraction of sp³-hybridized carbons (Fsp3) is 0.500. The zero-order valence-electron chi connectivity index (χ0n) is 10.7. The monoisotopic (exact) mass is 286 g/mol. The Labute approximate surface area is 112 Å². The van der Waals surface area contributed by atoms with Gasteiger partial charge in [-0.05, 0) is 37.5 Å². The van der Waals surface area contributed by atoms with Gasteiger partial charge < -0.3 is 15.6 Å². The molecule has 1 saturated carbocycles. The van der Waals surface area contributed by atoms with Crippen molar-refractivity contribution in [2.45, 2.75) is 36.3 Å². The first-order valence-electron chi connectivity index (χ1n) is 6.07. The maximum atomic E-state index is 12.2. The van der Waals surface area contributed by atoms with E-state index in [1.165, 1.54) is 18.2 Å². The van der Waals surface area contributed by atoms with E-state index in [1.54, 1.807) is 7.11 Å². The molecule has 2 unspecified atom stereocenters. The minimum absolute atomic E-state index is 0.0394. The van der Waals surface area contributed by atoms with Crippen molar-refractivity contribution in [1.29, 1.82) is 0 Å². The smallest absolute Gasteiger partial charge is 0.240 e. The van der Waals surface area contributed by atoms with Crippen molar-refractivity contribution in [3.63, 3.8) is 0 Å². The largest absolute Gasteiger partial charge is 0.506 e. The predicted molar refractivity (Wildman–Crippen MR) is 71.3 cm³/mol. The minimum atomic E-state index is -3.65. The molecule has 0 amide bonds. The van der Waals surface area contributed by atoms with Crippen molar-refractivity contribution in [3.8, 4) is 5.75 Å². The van der Waals surface area contributed by atoms with Crippen LogP contribution >= 0.6 is 0 Å². The summed E-state index contributed by atoms with van der Waals surface area (Å²) < 4.78 is 32.3. The quantitative estimate of drug-likeness (QED) is 0.562. The van der Waals surface area contributed by atoms with Crippen LogP contribution in [0.1, 0.15) is 19.3 Å². The number of aromatic hydroxyl groups is 1. The molecule has 0 bridgehead atoms. The highest BCUT2D eigenvalue weighted by molar-refractivity contribution is 7.89. The molecule has 1 fully saturated rings. The number of rotatable bonds is 4. The third kappa shape index (κ3) is 2.99. The van der Waals surface area contributed by atoms with Crippen molar-refractivity contribution < 1.29 is 18.3 Å². The summed E-state index contributed by atoms with van der Waals surface area (Å²) in [4.78, 5) is 0.0459. The van der Waals surface area contributed by atoms with Gasteiger partial charge in [-0.1, -0.05) is 0 Å². The first-order chi connectivity index (χ1) is 8.94. The third-order valence-corrected chi connectivity index (χ3v) is 4.86. The molecule has 1 aromatic carbocycles. The van der Waals surface area contributed by atoms with Gasteiger partial charge in [0.05, 0.1) is 16.7 Å². The molecular formula is C12H18N2O4S.